The Kier molecular flexibility index (Phi) is 7.28. The molecule has 0 aromatic heterocycles. The summed E-state index contributed by atoms with van der Waals surface area (Å²) in [5, 5.41) is 11.4. The largest absolute Gasteiger partial charge is 0.390 e. The number of aliphatic hydroxyl groups is 1. The van der Waals surface area contributed by atoms with E-state index >= 15 is 0 Å². The first-order valence-corrected chi connectivity index (χ1v) is 13.4. The van der Waals surface area contributed by atoms with E-state index in [-0.39, 0.29) is 5.41 Å². The molecule has 0 bridgehead atoms. The zero-order valence-electron chi connectivity index (χ0n) is 21.9. The van der Waals surface area contributed by atoms with Crippen molar-refractivity contribution >= 4 is 0 Å². The topological polar surface area (TPSA) is 20.2 Å². The summed E-state index contributed by atoms with van der Waals surface area (Å²) in [6, 6.07) is 0. The maximum atomic E-state index is 11.4. The Morgan fingerprint density at radius 3 is 2.32 bits per heavy atom. The van der Waals surface area contributed by atoms with Crippen LogP contribution >= 0.6 is 0 Å². The van der Waals surface area contributed by atoms with Crippen molar-refractivity contribution < 1.29 is 5.11 Å². The Balaban J connectivity index is 1.62. The van der Waals surface area contributed by atoms with Crippen molar-refractivity contribution in [2.75, 3.05) is 0 Å². The fraction of sp³-hybridized carbons (Fsp3) is 0.867. The fourth-order valence-electron chi connectivity index (χ4n) is 8.50. The molecule has 178 valence electrons. The predicted molar refractivity (Wildman–Crippen MR) is 135 cm³/mol. The lowest BCUT2D eigenvalue weighted by molar-refractivity contribution is -0.168. The van der Waals surface area contributed by atoms with Crippen LogP contribution in [0.25, 0.3) is 0 Å². The van der Waals surface area contributed by atoms with Gasteiger partial charge in [-0.25, -0.2) is 0 Å². The molecule has 5 atom stereocenters. The molecule has 0 aliphatic heterocycles. The Hall–Kier alpha value is -0.560. The summed E-state index contributed by atoms with van der Waals surface area (Å²) in [5.41, 5.74) is 3.63. The highest BCUT2D eigenvalue weighted by Gasteiger charge is 2.57. The van der Waals surface area contributed by atoms with E-state index in [2.05, 4.69) is 61.1 Å². The number of hydrogen-bond acceptors (Lipinski definition) is 1. The summed E-state index contributed by atoms with van der Waals surface area (Å²) in [4.78, 5) is 0. The van der Waals surface area contributed by atoms with Gasteiger partial charge in [-0.1, -0.05) is 64.8 Å². The first-order valence-electron chi connectivity index (χ1n) is 13.4. The van der Waals surface area contributed by atoms with Gasteiger partial charge in [0.15, 0.2) is 0 Å². The van der Waals surface area contributed by atoms with E-state index in [1.807, 2.05) is 0 Å². The van der Waals surface area contributed by atoms with Crippen LogP contribution in [0.3, 0.4) is 0 Å². The molecule has 0 amide bonds. The standard InChI is InChI=1S/C30H52O/c1-22(15-16-24-23(2)13-10-18-27(24,3)4)12-9-14-26-29(7)20-11-19-28(5,6)25(29)17-21-30(26,8)31/h12,24-26,31H,2,9-11,13-21H2,1,3-8H3/b22-12+. The highest BCUT2D eigenvalue weighted by atomic mass is 16.3. The minimum atomic E-state index is -0.510. The molecule has 0 aromatic rings. The second kappa shape index (κ2) is 9.00. The third-order valence-electron chi connectivity index (χ3n) is 10.3. The third kappa shape index (κ3) is 5.18. The molecule has 3 aliphatic carbocycles. The van der Waals surface area contributed by atoms with Gasteiger partial charge in [0.05, 0.1) is 5.60 Å². The SMILES string of the molecule is C=C1CCCC(C)(C)C1CC/C(C)=C/CCC1C(C)(O)CCC2C(C)(C)CCCC21C. The van der Waals surface area contributed by atoms with E-state index in [0.29, 0.717) is 22.7 Å². The molecule has 1 N–H and O–H groups in total. The third-order valence-corrected chi connectivity index (χ3v) is 10.3. The molecule has 0 spiro atoms. The quantitative estimate of drug-likeness (QED) is 0.419. The van der Waals surface area contributed by atoms with Gasteiger partial charge >= 0.3 is 0 Å². The first-order chi connectivity index (χ1) is 14.3. The van der Waals surface area contributed by atoms with Gasteiger partial charge in [-0.15, -0.1) is 0 Å². The molecule has 3 fully saturated rings. The molecule has 31 heavy (non-hydrogen) atoms. The molecule has 0 saturated heterocycles. The molecule has 0 radical (unpaired) electrons. The van der Waals surface area contributed by atoms with Gasteiger partial charge < -0.3 is 5.11 Å². The maximum absolute atomic E-state index is 11.4. The maximum Gasteiger partial charge on any atom is 0.0653 e. The lowest BCUT2D eigenvalue weighted by Crippen LogP contribution is -2.57. The van der Waals surface area contributed by atoms with Crippen molar-refractivity contribution in [1.29, 1.82) is 0 Å². The molecule has 1 heteroatoms. The average Bonchev–Trinajstić information content (AvgIpc) is 2.62. The Bertz CT molecular complexity index is 679. The van der Waals surface area contributed by atoms with Crippen LogP contribution in [0.4, 0.5) is 0 Å². The minimum Gasteiger partial charge on any atom is -0.390 e. The molecule has 0 heterocycles. The summed E-state index contributed by atoms with van der Waals surface area (Å²) < 4.78 is 0. The zero-order valence-corrected chi connectivity index (χ0v) is 21.9. The van der Waals surface area contributed by atoms with Crippen molar-refractivity contribution in [2.45, 2.75) is 131 Å². The van der Waals surface area contributed by atoms with Gasteiger partial charge in [0.1, 0.15) is 0 Å². The Labute approximate surface area is 194 Å². The fourth-order valence-corrected chi connectivity index (χ4v) is 8.50. The molecule has 1 nitrogen and oxygen atoms in total. The second-order valence-corrected chi connectivity index (χ2v) is 13.6. The molecular formula is C30H52O. The number of fused-ring (bicyclic) bond motifs is 1. The van der Waals surface area contributed by atoms with Gasteiger partial charge in [-0.3, -0.25) is 0 Å². The number of allylic oxidation sites excluding steroid dienone is 3. The van der Waals surface area contributed by atoms with E-state index in [0.717, 1.165) is 25.2 Å². The minimum absolute atomic E-state index is 0.287. The Morgan fingerprint density at radius 1 is 0.968 bits per heavy atom. The van der Waals surface area contributed by atoms with E-state index in [4.69, 9.17) is 0 Å². The van der Waals surface area contributed by atoms with Crippen LogP contribution in [0.5, 0.6) is 0 Å². The summed E-state index contributed by atoms with van der Waals surface area (Å²) in [6.07, 6.45) is 17.2. The summed E-state index contributed by atoms with van der Waals surface area (Å²) in [7, 11) is 0. The van der Waals surface area contributed by atoms with E-state index in [1.165, 1.54) is 68.9 Å². The van der Waals surface area contributed by atoms with Crippen molar-refractivity contribution in [1.82, 2.24) is 0 Å². The first kappa shape index (κ1) is 25.1. The second-order valence-electron chi connectivity index (χ2n) is 13.6. The lowest BCUT2D eigenvalue weighted by Gasteiger charge is -2.61. The smallest absolute Gasteiger partial charge is 0.0653 e. The van der Waals surface area contributed by atoms with Crippen LogP contribution in [-0.2, 0) is 0 Å². The predicted octanol–water partition coefficient (Wildman–Crippen LogP) is 8.87. The Morgan fingerprint density at radius 2 is 1.65 bits per heavy atom. The lowest BCUT2D eigenvalue weighted by atomic mass is 9.45. The van der Waals surface area contributed by atoms with E-state index < -0.39 is 5.60 Å². The van der Waals surface area contributed by atoms with E-state index in [9.17, 15) is 5.11 Å². The monoisotopic (exact) mass is 428 g/mol. The zero-order chi connectivity index (χ0) is 23.1. The summed E-state index contributed by atoms with van der Waals surface area (Å²) >= 11 is 0. The van der Waals surface area contributed by atoms with Crippen LogP contribution in [0.2, 0.25) is 0 Å². The molecule has 0 aromatic carbocycles. The van der Waals surface area contributed by atoms with Crippen molar-refractivity contribution in [3.05, 3.63) is 23.8 Å². The van der Waals surface area contributed by atoms with Gasteiger partial charge in [-0.2, -0.15) is 0 Å². The number of rotatable bonds is 6. The highest BCUT2D eigenvalue weighted by Crippen LogP contribution is 2.62. The average molecular weight is 429 g/mol. The van der Waals surface area contributed by atoms with E-state index in [1.54, 1.807) is 0 Å². The van der Waals surface area contributed by atoms with Crippen LogP contribution < -0.4 is 0 Å². The van der Waals surface area contributed by atoms with Gasteiger partial charge in [0.2, 0.25) is 0 Å². The van der Waals surface area contributed by atoms with Gasteiger partial charge in [-0.05, 0) is 118 Å². The van der Waals surface area contributed by atoms with Crippen LogP contribution in [-0.4, -0.2) is 10.7 Å². The number of hydrogen-bond donors (Lipinski definition) is 1. The highest BCUT2D eigenvalue weighted by molar-refractivity contribution is 5.12. The van der Waals surface area contributed by atoms with Crippen LogP contribution in [0.15, 0.2) is 23.8 Å². The molecular weight excluding hydrogens is 376 g/mol. The summed E-state index contributed by atoms with van der Waals surface area (Å²) in [6.45, 7) is 21.2. The van der Waals surface area contributed by atoms with Crippen molar-refractivity contribution in [3.8, 4) is 0 Å². The van der Waals surface area contributed by atoms with Crippen LogP contribution in [0.1, 0.15) is 126 Å². The molecule has 3 saturated carbocycles. The normalized spacial score (nSPS) is 40.5. The summed E-state index contributed by atoms with van der Waals surface area (Å²) in [5.74, 6) is 1.84. The molecule has 3 aliphatic rings. The molecule has 5 unspecified atom stereocenters. The van der Waals surface area contributed by atoms with Crippen molar-refractivity contribution in [3.63, 3.8) is 0 Å². The van der Waals surface area contributed by atoms with Crippen molar-refractivity contribution in [2.24, 2.45) is 34.0 Å². The molecule has 3 rings (SSSR count). The van der Waals surface area contributed by atoms with Crippen LogP contribution in [0, 0.1) is 34.0 Å². The van der Waals surface area contributed by atoms with Gasteiger partial charge in [0, 0.05) is 0 Å². The van der Waals surface area contributed by atoms with Gasteiger partial charge in [0.25, 0.3) is 0 Å².